The van der Waals surface area contributed by atoms with Gasteiger partial charge in [0.2, 0.25) is 10.0 Å². The summed E-state index contributed by atoms with van der Waals surface area (Å²) in [7, 11) is -3.82. The van der Waals surface area contributed by atoms with E-state index in [0.717, 1.165) is 0 Å². The Kier molecular flexibility index (Phi) is 4.23. The molecule has 2 aromatic rings. The molecule has 2 amide bonds. The Balaban J connectivity index is 1.66. The summed E-state index contributed by atoms with van der Waals surface area (Å²) in [6, 6.07) is 4.62. The van der Waals surface area contributed by atoms with E-state index in [2.05, 4.69) is 10.3 Å². The molecule has 2 aliphatic rings. The first kappa shape index (κ1) is 17.7. The van der Waals surface area contributed by atoms with E-state index in [1.807, 2.05) is 0 Å². The van der Waals surface area contributed by atoms with Crippen molar-refractivity contribution in [3.05, 3.63) is 30.0 Å². The number of piperazine rings is 1. The number of sulfonamides is 1. The number of aromatic nitrogens is 1. The van der Waals surface area contributed by atoms with E-state index in [9.17, 15) is 18.0 Å². The van der Waals surface area contributed by atoms with Crippen molar-refractivity contribution < 1.29 is 22.7 Å². The van der Waals surface area contributed by atoms with Crippen LogP contribution in [0.5, 0.6) is 0 Å². The highest BCUT2D eigenvalue weighted by atomic mass is 32.2. The van der Waals surface area contributed by atoms with Gasteiger partial charge in [-0.05, 0) is 25.1 Å². The number of hydrogen-bond donors (Lipinski definition) is 1. The van der Waals surface area contributed by atoms with Crippen molar-refractivity contribution in [2.75, 3.05) is 38.1 Å². The van der Waals surface area contributed by atoms with E-state index in [1.54, 1.807) is 19.1 Å². The van der Waals surface area contributed by atoms with E-state index >= 15 is 0 Å². The number of rotatable bonds is 3. The van der Waals surface area contributed by atoms with Crippen molar-refractivity contribution in [3.8, 4) is 0 Å². The van der Waals surface area contributed by atoms with Crippen LogP contribution >= 0.6 is 0 Å². The van der Waals surface area contributed by atoms with E-state index in [-0.39, 0.29) is 49.1 Å². The Hall–Kier alpha value is -2.72. The molecule has 0 atom stereocenters. The molecule has 1 aromatic carbocycles. The molecule has 1 saturated heterocycles. The number of ether oxygens (including phenoxy) is 1. The lowest BCUT2D eigenvalue weighted by molar-refractivity contribution is 0.0933. The van der Waals surface area contributed by atoms with Crippen LogP contribution in [0.4, 0.5) is 10.5 Å². The fraction of sp³-hybridized carbons (Fsp3) is 0.353. The number of anilines is 1. The molecule has 0 unspecified atom stereocenters. The van der Waals surface area contributed by atoms with Gasteiger partial charge in [-0.1, -0.05) is 0 Å². The monoisotopic (exact) mass is 390 g/mol. The highest BCUT2D eigenvalue weighted by Crippen LogP contribution is 2.36. The van der Waals surface area contributed by atoms with Crippen LogP contribution in [0.15, 0.2) is 29.3 Å². The summed E-state index contributed by atoms with van der Waals surface area (Å²) in [5, 5.41) is 3.24. The molecule has 1 fully saturated rings. The minimum Gasteiger partial charge on any atom is -0.450 e. The third-order valence-corrected chi connectivity index (χ3v) is 6.66. The first-order valence-corrected chi connectivity index (χ1v) is 10.0. The molecule has 27 heavy (non-hydrogen) atoms. The lowest BCUT2D eigenvalue weighted by atomic mass is 10.1. The number of carbonyl (C=O) groups excluding carboxylic acids is 2. The van der Waals surface area contributed by atoms with Gasteiger partial charge < -0.3 is 15.0 Å². The second-order valence-electron chi connectivity index (χ2n) is 6.24. The van der Waals surface area contributed by atoms with Gasteiger partial charge in [-0.25, -0.2) is 13.2 Å². The number of benzene rings is 1. The fourth-order valence-corrected chi connectivity index (χ4v) is 4.96. The predicted molar refractivity (Wildman–Crippen MR) is 97.1 cm³/mol. The van der Waals surface area contributed by atoms with E-state index in [1.165, 1.54) is 21.5 Å². The van der Waals surface area contributed by atoms with Crippen molar-refractivity contribution in [2.24, 2.45) is 0 Å². The topological polar surface area (TPSA) is 109 Å². The van der Waals surface area contributed by atoms with Crippen molar-refractivity contribution in [1.29, 1.82) is 0 Å². The van der Waals surface area contributed by atoms with Gasteiger partial charge in [-0.3, -0.25) is 9.78 Å². The maximum absolute atomic E-state index is 13.2. The molecule has 4 rings (SSSR count). The third-order valence-electron chi connectivity index (χ3n) is 4.73. The van der Waals surface area contributed by atoms with Crippen LogP contribution in [0.1, 0.15) is 17.3 Å². The number of nitrogens with zero attached hydrogens (tertiary/aromatic N) is 3. The summed E-state index contributed by atoms with van der Waals surface area (Å²) in [5.41, 5.74) is 1.25. The van der Waals surface area contributed by atoms with E-state index in [4.69, 9.17) is 4.74 Å². The molecular formula is C17H18N4O5S. The smallest absolute Gasteiger partial charge is 0.409 e. The number of nitrogens with one attached hydrogen (secondary N) is 1. The number of pyridine rings is 1. The van der Waals surface area contributed by atoms with Gasteiger partial charge >= 0.3 is 6.09 Å². The quantitative estimate of drug-likeness (QED) is 0.845. The molecular weight excluding hydrogens is 372 g/mol. The highest BCUT2D eigenvalue weighted by molar-refractivity contribution is 7.89. The Bertz CT molecular complexity index is 1040. The molecule has 10 heteroatoms. The third kappa shape index (κ3) is 2.81. The van der Waals surface area contributed by atoms with E-state index < -0.39 is 16.1 Å². The maximum atomic E-state index is 13.2. The largest absolute Gasteiger partial charge is 0.450 e. The summed E-state index contributed by atoms with van der Waals surface area (Å²) < 4.78 is 32.6. The average Bonchev–Trinajstić information content (AvgIpc) is 3.00. The van der Waals surface area contributed by atoms with E-state index in [0.29, 0.717) is 16.6 Å². The van der Waals surface area contributed by atoms with Gasteiger partial charge in [0, 0.05) is 37.8 Å². The molecule has 0 spiro atoms. The molecule has 0 bridgehead atoms. The Morgan fingerprint density at radius 3 is 2.67 bits per heavy atom. The predicted octanol–water partition coefficient (Wildman–Crippen LogP) is 1.26. The first-order valence-electron chi connectivity index (χ1n) is 8.58. The average molecular weight is 390 g/mol. The first-order chi connectivity index (χ1) is 12.9. The van der Waals surface area contributed by atoms with Crippen molar-refractivity contribution in [3.63, 3.8) is 0 Å². The van der Waals surface area contributed by atoms with Gasteiger partial charge in [-0.2, -0.15) is 4.31 Å². The second kappa shape index (κ2) is 6.46. The van der Waals surface area contributed by atoms with Crippen LogP contribution < -0.4 is 5.32 Å². The zero-order chi connectivity index (χ0) is 19.2. The minimum absolute atomic E-state index is 0.0594. The molecule has 0 radical (unpaired) electrons. The van der Waals surface area contributed by atoms with Gasteiger partial charge in [0.1, 0.15) is 4.90 Å². The molecule has 9 nitrogen and oxygen atoms in total. The summed E-state index contributed by atoms with van der Waals surface area (Å²) in [4.78, 5) is 29.6. The zero-order valence-corrected chi connectivity index (χ0v) is 15.5. The van der Waals surface area contributed by atoms with Crippen molar-refractivity contribution in [2.45, 2.75) is 11.8 Å². The summed E-state index contributed by atoms with van der Waals surface area (Å²) in [6.07, 6.45) is 0.996. The second-order valence-corrected chi connectivity index (χ2v) is 8.14. The van der Waals surface area contributed by atoms with Crippen LogP contribution in [0.2, 0.25) is 0 Å². The van der Waals surface area contributed by atoms with Crippen LogP contribution in [0, 0.1) is 0 Å². The molecule has 1 aromatic heterocycles. The minimum atomic E-state index is -3.82. The standard InChI is InChI=1S/C17H18N4O5S/c1-2-26-17(23)20-7-9-21(10-8-20)27(24,25)13-4-3-12-14-11(16(22)19-12)5-6-18-15(13)14/h3-6H,2,7-10H2,1H3,(H,19,22). The van der Waals surface area contributed by atoms with Crippen molar-refractivity contribution in [1.82, 2.24) is 14.2 Å². The molecule has 0 aliphatic carbocycles. The van der Waals surface area contributed by atoms with Crippen LogP contribution in [-0.4, -0.2) is 67.4 Å². The lowest BCUT2D eigenvalue weighted by Crippen LogP contribution is -2.50. The van der Waals surface area contributed by atoms with Crippen LogP contribution in [0.25, 0.3) is 10.9 Å². The summed E-state index contributed by atoms with van der Waals surface area (Å²) in [5.74, 6) is -0.269. The maximum Gasteiger partial charge on any atom is 0.409 e. The van der Waals surface area contributed by atoms with Crippen LogP contribution in [-0.2, 0) is 14.8 Å². The Morgan fingerprint density at radius 2 is 1.96 bits per heavy atom. The molecule has 3 heterocycles. The molecule has 1 N–H and O–H groups in total. The number of carbonyl (C=O) groups is 2. The Morgan fingerprint density at radius 1 is 1.22 bits per heavy atom. The molecule has 2 aliphatic heterocycles. The Labute approximate surface area is 156 Å². The summed E-state index contributed by atoms with van der Waals surface area (Å²) in [6.45, 7) is 2.85. The van der Waals surface area contributed by atoms with Crippen LogP contribution in [0.3, 0.4) is 0 Å². The van der Waals surface area contributed by atoms with Gasteiger partial charge in [0.25, 0.3) is 5.91 Å². The number of hydrogen-bond acceptors (Lipinski definition) is 6. The SMILES string of the molecule is CCOC(=O)N1CCN(S(=O)(=O)c2ccc3c4c(ccnc24)C(=O)N3)CC1. The van der Waals surface area contributed by atoms with Gasteiger partial charge in [0.15, 0.2) is 0 Å². The molecule has 142 valence electrons. The fourth-order valence-electron chi connectivity index (χ4n) is 3.40. The van der Waals surface area contributed by atoms with Gasteiger partial charge in [-0.15, -0.1) is 0 Å². The van der Waals surface area contributed by atoms with Gasteiger partial charge in [0.05, 0.1) is 23.4 Å². The zero-order valence-electron chi connectivity index (χ0n) is 14.6. The van der Waals surface area contributed by atoms with Crippen molar-refractivity contribution >= 4 is 38.6 Å². The highest BCUT2D eigenvalue weighted by Gasteiger charge is 2.34. The number of amides is 2. The lowest BCUT2D eigenvalue weighted by Gasteiger charge is -2.33. The molecule has 0 saturated carbocycles. The normalized spacial score (nSPS) is 17.2. The summed E-state index contributed by atoms with van der Waals surface area (Å²) >= 11 is 0.